The highest BCUT2D eigenvalue weighted by Gasteiger charge is 2.00. The number of benzene rings is 1. The molecule has 2 nitrogen and oxygen atoms in total. The molecule has 0 saturated carbocycles. The molecule has 0 unspecified atom stereocenters. The number of imidazole rings is 1. The predicted molar refractivity (Wildman–Crippen MR) is 57.2 cm³/mol. The SMILES string of the molecule is [CH2]c1cn2c(ccc3ccccc32)n1. The van der Waals surface area contributed by atoms with E-state index in [4.69, 9.17) is 0 Å². The van der Waals surface area contributed by atoms with E-state index in [0.29, 0.717) is 0 Å². The third-order valence-corrected chi connectivity index (χ3v) is 2.39. The van der Waals surface area contributed by atoms with E-state index >= 15 is 0 Å². The first-order valence-electron chi connectivity index (χ1n) is 4.53. The summed E-state index contributed by atoms with van der Waals surface area (Å²) in [6.07, 6.45) is 1.96. The monoisotopic (exact) mass is 181 g/mol. The first-order valence-corrected chi connectivity index (χ1v) is 4.53. The molecular weight excluding hydrogens is 172 g/mol. The van der Waals surface area contributed by atoms with Crippen LogP contribution >= 0.6 is 0 Å². The van der Waals surface area contributed by atoms with Gasteiger partial charge in [0.05, 0.1) is 11.2 Å². The van der Waals surface area contributed by atoms with Gasteiger partial charge in [0, 0.05) is 6.20 Å². The minimum atomic E-state index is 0.807. The quantitative estimate of drug-likeness (QED) is 0.521. The molecule has 0 N–H and O–H groups in total. The Hall–Kier alpha value is -1.83. The van der Waals surface area contributed by atoms with Crippen molar-refractivity contribution in [1.29, 1.82) is 0 Å². The maximum absolute atomic E-state index is 4.32. The van der Waals surface area contributed by atoms with Crippen molar-refractivity contribution in [2.45, 2.75) is 0 Å². The minimum Gasteiger partial charge on any atom is -0.299 e. The van der Waals surface area contributed by atoms with Crippen LogP contribution in [0.4, 0.5) is 0 Å². The van der Waals surface area contributed by atoms with Crippen LogP contribution in [0.15, 0.2) is 42.6 Å². The van der Waals surface area contributed by atoms with Gasteiger partial charge in [-0.25, -0.2) is 4.98 Å². The Labute approximate surface area is 81.8 Å². The lowest BCUT2D eigenvalue weighted by Crippen LogP contribution is -1.85. The van der Waals surface area contributed by atoms with Gasteiger partial charge >= 0.3 is 0 Å². The van der Waals surface area contributed by atoms with Gasteiger partial charge in [-0.05, 0) is 30.5 Å². The second-order valence-corrected chi connectivity index (χ2v) is 3.35. The van der Waals surface area contributed by atoms with Crippen LogP contribution in [0.1, 0.15) is 5.69 Å². The number of para-hydroxylation sites is 1. The fourth-order valence-corrected chi connectivity index (χ4v) is 1.77. The van der Waals surface area contributed by atoms with Gasteiger partial charge < -0.3 is 0 Å². The molecule has 0 fully saturated rings. The van der Waals surface area contributed by atoms with Gasteiger partial charge in [0.15, 0.2) is 0 Å². The molecule has 0 aliphatic heterocycles. The maximum Gasteiger partial charge on any atom is 0.137 e. The molecule has 3 rings (SSSR count). The fraction of sp³-hybridized carbons (Fsp3) is 0. The van der Waals surface area contributed by atoms with Crippen molar-refractivity contribution in [3.8, 4) is 0 Å². The predicted octanol–water partition coefficient (Wildman–Crippen LogP) is 2.67. The average molecular weight is 181 g/mol. The summed E-state index contributed by atoms with van der Waals surface area (Å²) >= 11 is 0. The molecule has 2 heteroatoms. The molecule has 3 aromatic rings. The summed E-state index contributed by atoms with van der Waals surface area (Å²) in [6, 6.07) is 12.3. The molecule has 14 heavy (non-hydrogen) atoms. The van der Waals surface area contributed by atoms with Crippen LogP contribution in [0.3, 0.4) is 0 Å². The third kappa shape index (κ3) is 0.940. The minimum absolute atomic E-state index is 0.807. The van der Waals surface area contributed by atoms with E-state index in [2.05, 4.69) is 34.5 Å². The van der Waals surface area contributed by atoms with Gasteiger partial charge in [0.1, 0.15) is 5.65 Å². The lowest BCUT2D eigenvalue weighted by atomic mass is 10.2. The fourth-order valence-electron chi connectivity index (χ4n) is 1.77. The van der Waals surface area contributed by atoms with E-state index in [9.17, 15) is 0 Å². The molecule has 67 valence electrons. The summed E-state index contributed by atoms with van der Waals surface area (Å²) in [4.78, 5) is 4.32. The van der Waals surface area contributed by atoms with E-state index < -0.39 is 0 Å². The van der Waals surface area contributed by atoms with Crippen molar-refractivity contribution in [2.75, 3.05) is 0 Å². The molecule has 0 saturated heterocycles. The molecule has 2 heterocycles. The average Bonchev–Trinajstić information content (AvgIpc) is 2.59. The largest absolute Gasteiger partial charge is 0.299 e. The van der Waals surface area contributed by atoms with Crippen molar-refractivity contribution in [2.24, 2.45) is 0 Å². The summed E-state index contributed by atoms with van der Waals surface area (Å²) in [6.45, 7) is 3.83. The van der Waals surface area contributed by atoms with E-state index in [1.54, 1.807) is 0 Å². The summed E-state index contributed by atoms with van der Waals surface area (Å²) in [5.41, 5.74) is 2.93. The highest BCUT2D eigenvalue weighted by molar-refractivity contribution is 5.81. The molecule has 0 amide bonds. The first kappa shape index (κ1) is 7.56. The van der Waals surface area contributed by atoms with Crippen LogP contribution in [0, 0.1) is 6.92 Å². The second kappa shape index (κ2) is 2.58. The summed E-state index contributed by atoms with van der Waals surface area (Å²) in [5, 5.41) is 1.22. The van der Waals surface area contributed by atoms with Crippen LogP contribution in [0.2, 0.25) is 0 Å². The zero-order chi connectivity index (χ0) is 9.54. The zero-order valence-electron chi connectivity index (χ0n) is 7.64. The summed E-state index contributed by atoms with van der Waals surface area (Å²) < 4.78 is 2.07. The normalized spacial score (nSPS) is 11.2. The Morgan fingerprint density at radius 2 is 1.93 bits per heavy atom. The topological polar surface area (TPSA) is 17.3 Å². The Balaban J connectivity index is 2.60. The van der Waals surface area contributed by atoms with Gasteiger partial charge in [-0.1, -0.05) is 18.2 Å². The van der Waals surface area contributed by atoms with E-state index in [1.807, 2.05) is 24.4 Å². The van der Waals surface area contributed by atoms with Crippen molar-refractivity contribution in [3.63, 3.8) is 0 Å². The molecule has 1 radical (unpaired) electrons. The number of hydrogen-bond acceptors (Lipinski definition) is 1. The van der Waals surface area contributed by atoms with Crippen molar-refractivity contribution >= 4 is 16.6 Å². The Morgan fingerprint density at radius 1 is 1.07 bits per heavy atom. The second-order valence-electron chi connectivity index (χ2n) is 3.35. The lowest BCUT2D eigenvalue weighted by Gasteiger charge is -1.99. The number of pyridine rings is 1. The van der Waals surface area contributed by atoms with Crippen LogP contribution in [0.25, 0.3) is 16.6 Å². The van der Waals surface area contributed by atoms with Crippen molar-refractivity contribution in [3.05, 3.63) is 55.2 Å². The van der Waals surface area contributed by atoms with E-state index in [-0.39, 0.29) is 0 Å². The number of rotatable bonds is 0. The number of fused-ring (bicyclic) bond motifs is 3. The lowest BCUT2D eigenvalue weighted by molar-refractivity contribution is 1.26. The van der Waals surface area contributed by atoms with Gasteiger partial charge in [-0.15, -0.1) is 0 Å². The summed E-state index contributed by atoms with van der Waals surface area (Å²) in [7, 11) is 0. The van der Waals surface area contributed by atoms with E-state index in [0.717, 1.165) is 11.3 Å². The maximum atomic E-state index is 4.32. The van der Waals surface area contributed by atoms with Crippen LogP contribution in [-0.4, -0.2) is 9.38 Å². The van der Waals surface area contributed by atoms with E-state index in [1.165, 1.54) is 10.9 Å². The number of nitrogens with zero attached hydrogens (tertiary/aromatic N) is 2. The molecule has 0 atom stereocenters. The molecule has 1 aromatic carbocycles. The molecule has 0 spiro atoms. The standard InChI is InChI=1S/C12H9N2/c1-9-8-14-11-5-3-2-4-10(11)6-7-12(14)13-9/h2-8H,1H2. The highest BCUT2D eigenvalue weighted by Crippen LogP contribution is 2.16. The van der Waals surface area contributed by atoms with Crippen molar-refractivity contribution in [1.82, 2.24) is 9.38 Å². The Bertz CT molecular complexity index is 608. The van der Waals surface area contributed by atoms with Crippen LogP contribution < -0.4 is 0 Å². The van der Waals surface area contributed by atoms with Crippen molar-refractivity contribution < 1.29 is 0 Å². The van der Waals surface area contributed by atoms with Gasteiger partial charge in [-0.3, -0.25) is 4.40 Å². The van der Waals surface area contributed by atoms with Crippen LogP contribution in [0.5, 0.6) is 0 Å². The van der Waals surface area contributed by atoms with Crippen LogP contribution in [-0.2, 0) is 0 Å². The molecule has 0 aliphatic rings. The van der Waals surface area contributed by atoms with Gasteiger partial charge in [-0.2, -0.15) is 0 Å². The number of hydrogen-bond donors (Lipinski definition) is 0. The van der Waals surface area contributed by atoms with Gasteiger partial charge in [0.25, 0.3) is 0 Å². The summed E-state index contributed by atoms with van der Waals surface area (Å²) in [5.74, 6) is 0. The van der Waals surface area contributed by atoms with Gasteiger partial charge in [0.2, 0.25) is 0 Å². The molecular formula is C12H9N2. The zero-order valence-corrected chi connectivity index (χ0v) is 7.64. The number of aromatic nitrogens is 2. The smallest absolute Gasteiger partial charge is 0.137 e. The molecule has 0 bridgehead atoms. The Morgan fingerprint density at radius 3 is 2.86 bits per heavy atom. The Kier molecular flexibility index (Phi) is 1.39. The first-order chi connectivity index (χ1) is 6.84. The molecule has 2 aromatic heterocycles. The molecule has 0 aliphatic carbocycles. The third-order valence-electron chi connectivity index (χ3n) is 2.39. The highest BCUT2D eigenvalue weighted by atomic mass is 15.0.